The van der Waals surface area contributed by atoms with Gasteiger partial charge in [0, 0.05) is 16.5 Å². The summed E-state index contributed by atoms with van der Waals surface area (Å²) in [5.41, 5.74) is 3.21. The summed E-state index contributed by atoms with van der Waals surface area (Å²) in [6, 6.07) is 7.28. The maximum atomic E-state index is 12.3. The van der Waals surface area contributed by atoms with Gasteiger partial charge in [0.1, 0.15) is 5.01 Å². The number of hydrogen-bond acceptors (Lipinski definition) is 6. The third kappa shape index (κ3) is 2.38. The van der Waals surface area contributed by atoms with E-state index >= 15 is 0 Å². The number of carbonyl (C=O) groups is 1. The van der Waals surface area contributed by atoms with Crippen LogP contribution in [0.2, 0.25) is 0 Å². The molecule has 0 radical (unpaired) electrons. The Morgan fingerprint density at radius 3 is 3.05 bits per heavy atom. The van der Waals surface area contributed by atoms with Crippen molar-refractivity contribution in [2.45, 2.75) is 0 Å². The van der Waals surface area contributed by atoms with Crippen molar-refractivity contribution in [1.82, 2.24) is 20.2 Å². The standard InChI is InChI=1S/C14H9N5OS2/c20-12(8-1-2-10-11(5-8)16-7-15-10)17-14-19-18-13(22-14)9-3-4-21-6-9/h1-7H,(H,15,16)(H,17,19,20). The molecule has 0 fully saturated rings. The lowest BCUT2D eigenvalue weighted by Crippen LogP contribution is -2.11. The summed E-state index contributed by atoms with van der Waals surface area (Å²) in [5, 5.41) is 16.1. The number of nitrogens with one attached hydrogen (secondary N) is 2. The van der Waals surface area contributed by atoms with Gasteiger partial charge in [0.15, 0.2) is 0 Å². The van der Waals surface area contributed by atoms with Gasteiger partial charge in [-0.25, -0.2) is 4.98 Å². The minimum Gasteiger partial charge on any atom is -0.345 e. The zero-order valence-corrected chi connectivity index (χ0v) is 12.7. The van der Waals surface area contributed by atoms with Crippen LogP contribution in [-0.2, 0) is 0 Å². The molecule has 0 unspecified atom stereocenters. The van der Waals surface area contributed by atoms with E-state index in [-0.39, 0.29) is 5.91 Å². The lowest BCUT2D eigenvalue weighted by atomic mass is 10.2. The molecule has 22 heavy (non-hydrogen) atoms. The van der Waals surface area contributed by atoms with Gasteiger partial charge < -0.3 is 4.98 Å². The third-order valence-corrected chi connectivity index (χ3v) is 4.67. The largest absolute Gasteiger partial charge is 0.345 e. The summed E-state index contributed by atoms with van der Waals surface area (Å²) in [6.45, 7) is 0. The van der Waals surface area contributed by atoms with Gasteiger partial charge in [0.2, 0.25) is 5.13 Å². The van der Waals surface area contributed by atoms with E-state index in [9.17, 15) is 4.79 Å². The maximum absolute atomic E-state index is 12.3. The number of carbonyl (C=O) groups excluding carboxylic acids is 1. The van der Waals surface area contributed by atoms with Crippen LogP contribution in [0, 0.1) is 0 Å². The summed E-state index contributed by atoms with van der Waals surface area (Å²) in [4.78, 5) is 19.4. The van der Waals surface area contributed by atoms with Gasteiger partial charge in [-0.2, -0.15) is 11.3 Å². The Balaban J connectivity index is 1.56. The molecule has 0 spiro atoms. The van der Waals surface area contributed by atoms with Crippen LogP contribution in [-0.4, -0.2) is 26.1 Å². The van der Waals surface area contributed by atoms with Crippen LogP contribution in [0.5, 0.6) is 0 Å². The van der Waals surface area contributed by atoms with E-state index in [0.29, 0.717) is 10.7 Å². The zero-order valence-electron chi connectivity index (χ0n) is 11.1. The second kappa shape index (κ2) is 5.32. The molecule has 0 bridgehead atoms. The van der Waals surface area contributed by atoms with Crippen molar-refractivity contribution in [2.75, 3.05) is 5.32 Å². The smallest absolute Gasteiger partial charge is 0.257 e. The molecule has 8 heteroatoms. The third-order valence-electron chi connectivity index (χ3n) is 3.10. The van der Waals surface area contributed by atoms with Crippen LogP contribution < -0.4 is 5.32 Å². The van der Waals surface area contributed by atoms with Gasteiger partial charge in [-0.05, 0) is 29.6 Å². The Morgan fingerprint density at radius 1 is 1.23 bits per heavy atom. The first-order valence-electron chi connectivity index (χ1n) is 6.40. The minimum atomic E-state index is -0.218. The average molecular weight is 327 g/mol. The molecule has 0 saturated heterocycles. The van der Waals surface area contributed by atoms with Crippen LogP contribution in [0.4, 0.5) is 5.13 Å². The fourth-order valence-electron chi connectivity index (χ4n) is 2.02. The minimum absolute atomic E-state index is 0.218. The van der Waals surface area contributed by atoms with Gasteiger partial charge in [-0.15, -0.1) is 10.2 Å². The number of fused-ring (bicyclic) bond motifs is 1. The molecule has 0 saturated carbocycles. The molecule has 108 valence electrons. The molecule has 0 atom stereocenters. The van der Waals surface area contributed by atoms with Crippen molar-refractivity contribution in [2.24, 2.45) is 0 Å². The van der Waals surface area contributed by atoms with E-state index < -0.39 is 0 Å². The highest BCUT2D eigenvalue weighted by atomic mass is 32.1. The van der Waals surface area contributed by atoms with Crippen LogP contribution in [0.15, 0.2) is 41.4 Å². The van der Waals surface area contributed by atoms with Gasteiger partial charge in [0.25, 0.3) is 5.91 Å². The highest BCUT2D eigenvalue weighted by molar-refractivity contribution is 7.19. The number of H-pyrrole nitrogens is 1. The molecule has 4 rings (SSSR count). The topological polar surface area (TPSA) is 83.6 Å². The van der Waals surface area contributed by atoms with E-state index in [0.717, 1.165) is 21.6 Å². The summed E-state index contributed by atoms with van der Waals surface area (Å²) < 4.78 is 0. The number of amides is 1. The van der Waals surface area contributed by atoms with Gasteiger partial charge in [-0.3, -0.25) is 10.1 Å². The Bertz CT molecular complexity index is 941. The van der Waals surface area contributed by atoms with Crippen LogP contribution in [0.25, 0.3) is 21.6 Å². The number of rotatable bonds is 3. The lowest BCUT2D eigenvalue weighted by Gasteiger charge is -2.00. The highest BCUT2D eigenvalue weighted by Crippen LogP contribution is 2.28. The monoisotopic (exact) mass is 327 g/mol. The molecular weight excluding hydrogens is 318 g/mol. The van der Waals surface area contributed by atoms with Crippen molar-refractivity contribution >= 4 is 44.7 Å². The molecule has 4 aromatic rings. The molecule has 2 N–H and O–H groups in total. The van der Waals surface area contributed by atoms with Crippen molar-refractivity contribution in [1.29, 1.82) is 0 Å². The number of nitrogens with zero attached hydrogens (tertiary/aromatic N) is 3. The molecule has 1 amide bonds. The van der Waals surface area contributed by atoms with E-state index in [2.05, 4.69) is 25.5 Å². The van der Waals surface area contributed by atoms with Crippen molar-refractivity contribution < 1.29 is 4.79 Å². The first kappa shape index (κ1) is 13.1. The number of aromatic nitrogens is 4. The first-order valence-corrected chi connectivity index (χ1v) is 8.16. The number of aromatic amines is 1. The van der Waals surface area contributed by atoms with Crippen molar-refractivity contribution in [3.05, 3.63) is 46.9 Å². The average Bonchev–Trinajstić information content (AvgIpc) is 3.27. The number of imidazole rings is 1. The second-order valence-electron chi connectivity index (χ2n) is 4.51. The molecule has 0 aliphatic heterocycles. The fraction of sp³-hybridized carbons (Fsp3) is 0. The molecule has 3 aromatic heterocycles. The zero-order chi connectivity index (χ0) is 14.9. The van der Waals surface area contributed by atoms with Crippen LogP contribution in [0.1, 0.15) is 10.4 Å². The molecule has 0 aliphatic carbocycles. The Kier molecular flexibility index (Phi) is 3.17. The second-order valence-corrected chi connectivity index (χ2v) is 6.27. The number of thiophene rings is 1. The highest BCUT2D eigenvalue weighted by Gasteiger charge is 2.12. The molecule has 3 heterocycles. The Labute approximate surface area is 132 Å². The summed E-state index contributed by atoms with van der Waals surface area (Å²) in [7, 11) is 0. The lowest BCUT2D eigenvalue weighted by molar-refractivity contribution is 0.102. The quantitative estimate of drug-likeness (QED) is 0.604. The number of anilines is 1. The van der Waals surface area contributed by atoms with Gasteiger partial charge in [0.05, 0.1) is 17.4 Å². The van der Waals surface area contributed by atoms with E-state index in [4.69, 9.17) is 0 Å². The summed E-state index contributed by atoms with van der Waals surface area (Å²) >= 11 is 2.95. The van der Waals surface area contributed by atoms with Crippen LogP contribution in [0.3, 0.4) is 0 Å². The summed E-state index contributed by atoms with van der Waals surface area (Å²) in [6.07, 6.45) is 1.60. The predicted octanol–water partition coefficient (Wildman–Crippen LogP) is 3.40. The predicted molar refractivity (Wildman–Crippen MR) is 87.3 cm³/mol. The first-order chi connectivity index (χ1) is 10.8. The van der Waals surface area contributed by atoms with Crippen LogP contribution >= 0.6 is 22.7 Å². The van der Waals surface area contributed by atoms with E-state index in [1.165, 1.54) is 11.3 Å². The van der Waals surface area contributed by atoms with Gasteiger partial charge >= 0.3 is 0 Å². The van der Waals surface area contributed by atoms with Crippen molar-refractivity contribution in [3.63, 3.8) is 0 Å². The molecule has 6 nitrogen and oxygen atoms in total. The number of benzene rings is 1. The molecular formula is C14H9N5OS2. The SMILES string of the molecule is O=C(Nc1nnc(-c2ccsc2)s1)c1ccc2nc[nH]c2c1. The maximum Gasteiger partial charge on any atom is 0.257 e. The normalized spacial score (nSPS) is 10.9. The summed E-state index contributed by atoms with van der Waals surface area (Å²) in [5.74, 6) is -0.218. The van der Waals surface area contributed by atoms with E-state index in [1.54, 1.807) is 35.9 Å². The van der Waals surface area contributed by atoms with Gasteiger partial charge in [-0.1, -0.05) is 11.3 Å². The Hall–Kier alpha value is -2.58. The fourth-order valence-corrected chi connectivity index (χ4v) is 3.47. The molecule has 1 aromatic carbocycles. The number of hydrogen-bond donors (Lipinski definition) is 2. The van der Waals surface area contributed by atoms with E-state index in [1.807, 2.05) is 16.8 Å². The Morgan fingerprint density at radius 2 is 2.18 bits per heavy atom. The van der Waals surface area contributed by atoms with Crippen molar-refractivity contribution in [3.8, 4) is 10.6 Å². The molecule has 0 aliphatic rings.